The van der Waals surface area contributed by atoms with E-state index in [1.807, 2.05) is 30.1 Å². The minimum absolute atomic E-state index is 0.502. The van der Waals surface area contributed by atoms with Crippen LogP contribution in [0.15, 0.2) is 42.6 Å². The lowest BCUT2D eigenvalue weighted by Crippen LogP contribution is -2.09. The summed E-state index contributed by atoms with van der Waals surface area (Å²) < 4.78 is 0. The number of nitriles is 1. The number of benzene rings is 1. The first-order chi connectivity index (χ1) is 8.20. The number of aromatic nitrogens is 1. The van der Waals surface area contributed by atoms with Crippen molar-refractivity contribution in [2.45, 2.75) is 0 Å². The molecular weight excluding hydrogens is 212 g/mol. The van der Waals surface area contributed by atoms with Gasteiger partial charge in [-0.05, 0) is 36.4 Å². The van der Waals surface area contributed by atoms with Crippen molar-refractivity contribution < 1.29 is 0 Å². The number of nitrogens with zero attached hydrogens (tertiary/aromatic N) is 3. The fourth-order valence-corrected chi connectivity index (χ4v) is 1.50. The Bertz CT molecular complexity index is 537. The number of nitrogens with two attached hydrogens (primary N) is 1. The maximum absolute atomic E-state index is 8.73. The molecule has 2 rings (SSSR count). The van der Waals surface area contributed by atoms with Crippen LogP contribution in [0.3, 0.4) is 0 Å². The molecule has 1 heterocycles. The molecule has 0 unspecified atom stereocenters. The van der Waals surface area contributed by atoms with E-state index in [1.165, 1.54) is 0 Å². The average molecular weight is 224 g/mol. The zero-order valence-electron chi connectivity index (χ0n) is 9.46. The number of pyridine rings is 1. The van der Waals surface area contributed by atoms with Crippen molar-refractivity contribution in [2.75, 3.05) is 17.7 Å². The highest BCUT2D eigenvalue weighted by Crippen LogP contribution is 2.23. The molecule has 0 aliphatic rings. The van der Waals surface area contributed by atoms with Gasteiger partial charge in [0.15, 0.2) is 0 Å². The van der Waals surface area contributed by atoms with Gasteiger partial charge >= 0.3 is 0 Å². The Morgan fingerprint density at radius 1 is 1.12 bits per heavy atom. The van der Waals surface area contributed by atoms with Crippen LogP contribution < -0.4 is 10.6 Å². The molecule has 0 fully saturated rings. The van der Waals surface area contributed by atoms with E-state index in [0.717, 1.165) is 11.4 Å². The van der Waals surface area contributed by atoms with Crippen LogP contribution in [0.25, 0.3) is 0 Å². The SMILES string of the molecule is CN(c1ccc(C#N)cc1)c1ccc(N)nc1. The molecule has 4 heteroatoms. The minimum atomic E-state index is 0.502. The number of anilines is 3. The van der Waals surface area contributed by atoms with Gasteiger partial charge in [-0.15, -0.1) is 0 Å². The van der Waals surface area contributed by atoms with Gasteiger partial charge in [-0.3, -0.25) is 0 Å². The molecular formula is C13H12N4. The molecule has 1 aromatic carbocycles. The van der Waals surface area contributed by atoms with Crippen molar-refractivity contribution in [1.29, 1.82) is 5.26 Å². The molecule has 0 aliphatic heterocycles. The summed E-state index contributed by atoms with van der Waals surface area (Å²) in [5.41, 5.74) is 8.13. The monoisotopic (exact) mass is 224 g/mol. The van der Waals surface area contributed by atoms with Crippen LogP contribution in [0.5, 0.6) is 0 Å². The second-order valence-electron chi connectivity index (χ2n) is 3.66. The highest BCUT2D eigenvalue weighted by molar-refractivity contribution is 5.63. The molecule has 0 aliphatic carbocycles. The lowest BCUT2D eigenvalue weighted by atomic mass is 10.2. The number of hydrogen-bond donors (Lipinski definition) is 1. The van der Waals surface area contributed by atoms with Crippen LogP contribution in [0, 0.1) is 11.3 Å². The van der Waals surface area contributed by atoms with Crippen LogP contribution in [-0.2, 0) is 0 Å². The van der Waals surface area contributed by atoms with Crippen LogP contribution >= 0.6 is 0 Å². The molecule has 0 atom stereocenters. The summed E-state index contributed by atoms with van der Waals surface area (Å²) in [7, 11) is 1.94. The molecule has 0 saturated heterocycles. The van der Waals surface area contributed by atoms with E-state index in [4.69, 9.17) is 11.0 Å². The van der Waals surface area contributed by atoms with E-state index in [9.17, 15) is 0 Å². The van der Waals surface area contributed by atoms with Gasteiger partial charge in [-0.2, -0.15) is 5.26 Å². The second-order valence-corrected chi connectivity index (χ2v) is 3.66. The molecule has 0 spiro atoms. The lowest BCUT2D eigenvalue weighted by molar-refractivity contribution is 1.18. The number of rotatable bonds is 2. The van der Waals surface area contributed by atoms with Gasteiger partial charge in [0.05, 0.1) is 23.5 Å². The summed E-state index contributed by atoms with van der Waals surface area (Å²) in [5.74, 6) is 0.502. The van der Waals surface area contributed by atoms with E-state index < -0.39 is 0 Å². The molecule has 4 nitrogen and oxygen atoms in total. The van der Waals surface area contributed by atoms with Crippen molar-refractivity contribution in [2.24, 2.45) is 0 Å². The fraction of sp³-hybridized carbons (Fsp3) is 0.0769. The second kappa shape index (κ2) is 4.54. The van der Waals surface area contributed by atoms with Crippen LogP contribution in [0.2, 0.25) is 0 Å². The highest BCUT2D eigenvalue weighted by Gasteiger charge is 2.03. The highest BCUT2D eigenvalue weighted by atomic mass is 15.1. The van der Waals surface area contributed by atoms with Gasteiger partial charge in [0.1, 0.15) is 5.82 Å². The van der Waals surface area contributed by atoms with Gasteiger partial charge in [0, 0.05) is 12.7 Å². The summed E-state index contributed by atoms with van der Waals surface area (Å²) >= 11 is 0. The number of nitrogen functional groups attached to an aromatic ring is 1. The molecule has 84 valence electrons. The third-order valence-electron chi connectivity index (χ3n) is 2.54. The Hall–Kier alpha value is -2.54. The number of hydrogen-bond acceptors (Lipinski definition) is 4. The van der Waals surface area contributed by atoms with Gasteiger partial charge < -0.3 is 10.6 Å². The van der Waals surface area contributed by atoms with Crippen molar-refractivity contribution in [3.63, 3.8) is 0 Å². The quantitative estimate of drug-likeness (QED) is 0.850. The Balaban J connectivity index is 2.27. The average Bonchev–Trinajstić information content (AvgIpc) is 2.39. The van der Waals surface area contributed by atoms with Crippen LogP contribution in [0.1, 0.15) is 5.56 Å². The molecule has 2 aromatic rings. The maximum Gasteiger partial charge on any atom is 0.123 e. The Morgan fingerprint density at radius 2 is 1.76 bits per heavy atom. The van der Waals surface area contributed by atoms with Crippen LogP contribution in [0.4, 0.5) is 17.2 Å². The molecule has 0 saturated carbocycles. The summed E-state index contributed by atoms with van der Waals surface area (Å²) in [6.45, 7) is 0. The first kappa shape index (κ1) is 11.0. The fourth-order valence-electron chi connectivity index (χ4n) is 1.50. The van der Waals surface area contributed by atoms with Crippen molar-refractivity contribution in [3.8, 4) is 6.07 Å². The summed E-state index contributed by atoms with van der Waals surface area (Å²) in [5, 5.41) is 8.73. The van der Waals surface area contributed by atoms with Gasteiger partial charge in [-0.25, -0.2) is 4.98 Å². The minimum Gasteiger partial charge on any atom is -0.384 e. The van der Waals surface area contributed by atoms with E-state index in [2.05, 4.69) is 11.1 Å². The summed E-state index contributed by atoms with van der Waals surface area (Å²) in [4.78, 5) is 6.02. The maximum atomic E-state index is 8.73. The first-order valence-corrected chi connectivity index (χ1v) is 5.16. The topological polar surface area (TPSA) is 65.9 Å². The molecule has 0 radical (unpaired) electrons. The Kier molecular flexibility index (Phi) is 2.93. The van der Waals surface area contributed by atoms with E-state index in [-0.39, 0.29) is 0 Å². The summed E-state index contributed by atoms with van der Waals surface area (Å²) in [6.07, 6.45) is 1.72. The third kappa shape index (κ3) is 2.34. The molecule has 1 aromatic heterocycles. The first-order valence-electron chi connectivity index (χ1n) is 5.16. The molecule has 2 N–H and O–H groups in total. The van der Waals surface area contributed by atoms with E-state index >= 15 is 0 Å². The summed E-state index contributed by atoms with van der Waals surface area (Å²) in [6, 6.07) is 13.1. The van der Waals surface area contributed by atoms with Crippen molar-refractivity contribution in [1.82, 2.24) is 4.98 Å². The smallest absolute Gasteiger partial charge is 0.123 e. The zero-order chi connectivity index (χ0) is 12.3. The predicted octanol–water partition coefficient (Wildman–Crippen LogP) is 2.30. The van der Waals surface area contributed by atoms with Crippen molar-refractivity contribution in [3.05, 3.63) is 48.2 Å². The molecule has 0 amide bonds. The predicted molar refractivity (Wildman–Crippen MR) is 67.9 cm³/mol. The van der Waals surface area contributed by atoms with Gasteiger partial charge in [0.2, 0.25) is 0 Å². The third-order valence-corrected chi connectivity index (χ3v) is 2.54. The normalized spacial score (nSPS) is 9.65. The lowest BCUT2D eigenvalue weighted by Gasteiger charge is -2.19. The Labute approximate surface area is 99.9 Å². The van der Waals surface area contributed by atoms with Crippen molar-refractivity contribution >= 4 is 17.2 Å². The molecule has 17 heavy (non-hydrogen) atoms. The largest absolute Gasteiger partial charge is 0.384 e. The van der Waals surface area contributed by atoms with E-state index in [0.29, 0.717) is 11.4 Å². The standard InChI is InChI=1S/C13H12N4/c1-17(12-6-7-13(15)16-9-12)11-4-2-10(8-14)3-5-11/h2-7,9H,1H3,(H2,15,16). The zero-order valence-corrected chi connectivity index (χ0v) is 9.46. The van der Waals surface area contributed by atoms with Gasteiger partial charge in [-0.1, -0.05) is 0 Å². The van der Waals surface area contributed by atoms with E-state index in [1.54, 1.807) is 24.4 Å². The van der Waals surface area contributed by atoms with Crippen LogP contribution in [-0.4, -0.2) is 12.0 Å². The Morgan fingerprint density at radius 3 is 2.29 bits per heavy atom. The molecule has 0 bridgehead atoms. The van der Waals surface area contributed by atoms with Gasteiger partial charge in [0.25, 0.3) is 0 Å².